The molecule has 0 saturated carbocycles. The van der Waals surface area contributed by atoms with Crippen LogP contribution in [-0.2, 0) is 4.79 Å². The van der Waals surface area contributed by atoms with Gasteiger partial charge < -0.3 is 9.80 Å². The summed E-state index contributed by atoms with van der Waals surface area (Å²) in [6.45, 7) is 7.09. The Balaban J connectivity index is 1.62. The van der Waals surface area contributed by atoms with Crippen molar-refractivity contribution >= 4 is 5.91 Å². The molecule has 0 aliphatic carbocycles. The van der Waals surface area contributed by atoms with Crippen molar-refractivity contribution in [3.8, 4) is 0 Å². The molecule has 3 rings (SSSR count). The number of carbonyl (C=O) groups is 1. The summed E-state index contributed by atoms with van der Waals surface area (Å²) in [5.74, 6) is 0.732. The lowest BCUT2D eigenvalue weighted by atomic mass is 10.1. The first-order valence-electron chi connectivity index (χ1n) is 8.04. The van der Waals surface area contributed by atoms with Crippen molar-refractivity contribution in [2.24, 2.45) is 5.92 Å². The van der Waals surface area contributed by atoms with Gasteiger partial charge in [0.25, 0.3) is 0 Å². The molecule has 0 aromatic heterocycles. The number of amides is 1. The van der Waals surface area contributed by atoms with E-state index in [1.165, 1.54) is 31.5 Å². The zero-order valence-electron chi connectivity index (χ0n) is 12.8. The summed E-state index contributed by atoms with van der Waals surface area (Å²) in [5.41, 5.74) is 1.18. The Hall–Kier alpha value is -1.39. The Labute approximate surface area is 127 Å². The van der Waals surface area contributed by atoms with E-state index in [-0.39, 0.29) is 12.1 Å². The van der Waals surface area contributed by atoms with E-state index < -0.39 is 0 Å². The van der Waals surface area contributed by atoms with Crippen LogP contribution < -0.4 is 5.32 Å². The Morgan fingerprint density at radius 1 is 1.19 bits per heavy atom. The number of carbonyl (C=O) groups excluding carboxylic acids is 1. The topological polar surface area (TPSA) is 35.6 Å². The van der Waals surface area contributed by atoms with E-state index in [4.69, 9.17) is 0 Å². The first kappa shape index (κ1) is 14.5. The van der Waals surface area contributed by atoms with Crippen LogP contribution in [0.3, 0.4) is 0 Å². The van der Waals surface area contributed by atoms with Gasteiger partial charge in [-0.05, 0) is 37.4 Å². The average Bonchev–Trinajstić information content (AvgIpc) is 3.11. The molecular formula is C17H25N3O. The highest BCUT2D eigenvalue weighted by Crippen LogP contribution is 2.23. The fourth-order valence-electron chi connectivity index (χ4n) is 3.48. The zero-order chi connectivity index (χ0) is 14.7. The van der Waals surface area contributed by atoms with E-state index in [1.807, 2.05) is 23.1 Å². The SMILES string of the molecule is CC(CN1CCCC1)CN1C(=O)CNC1c1ccccc1. The highest BCUT2D eigenvalue weighted by molar-refractivity contribution is 5.80. The van der Waals surface area contributed by atoms with Crippen molar-refractivity contribution < 1.29 is 4.79 Å². The minimum Gasteiger partial charge on any atom is -0.321 e. The van der Waals surface area contributed by atoms with Gasteiger partial charge in [-0.3, -0.25) is 10.1 Å². The molecule has 2 saturated heterocycles. The quantitative estimate of drug-likeness (QED) is 0.898. The second-order valence-electron chi connectivity index (χ2n) is 6.35. The number of benzene rings is 1. The molecular weight excluding hydrogens is 262 g/mol. The molecule has 21 heavy (non-hydrogen) atoms. The third kappa shape index (κ3) is 3.44. The van der Waals surface area contributed by atoms with E-state index in [9.17, 15) is 4.79 Å². The van der Waals surface area contributed by atoms with E-state index in [0.717, 1.165) is 13.1 Å². The minimum absolute atomic E-state index is 0.0414. The summed E-state index contributed by atoms with van der Waals surface area (Å²) >= 11 is 0. The molecule has 1 amide bonds. The van der Waals surface area contributed by atoms with Crippen LogP contribution in [0.2, 0.25) is 0 Å². The Morgan fingerprint density at radius 2 is 1.90 bits per heavy atom. The van der Waals surface area contributed by atoms with Crippen molar-refractivity contribution in [1.29, 1.82) is 0 Å². The molecule has 114 valence electrons. The van der Waals surface area contributed by atoms with E-state index in [0.29, 0.717) is 12.5 Å². The second-order valence-corrected chi connectivity index (χ2v) is 6.35. The molecule has 0 spiro atoms. The van der Waals surface area contributed by atoms with Crippen LogP contribution in [0.4, 0.5) is 0 Å². The molecule has 2 aliphatic heterocycles. The van der Waals surface area contributed by atoms with E-state index in [2.05, 4.69) is 29.3 Å². The number of hydrogen-bond donors (Lipinski definition) is 1. The smallest absolute Gasteiger partial charge is 0.238 e. The molecule has 1 N–H and O–H groups in total. The maximum atomic E-state index is 12.2. The van der Waals surface area contributed by atoms with Crippen LogP contribution in [0, 0.1) is 5.92 Å². The summed E-state index contributed by atoms with van der Waals surface area (Å²) < 4.78 is 0. The van der Waals surface area contributed by atoms with Crippen LogP contribution in [0.25, 0.3) is 0 Å². The molecule has 0 radical (unpaired) electrons. The lowest BCUT2D eigenvalue weighted by Crippen LogP contribution is -2.37. The van der Waals surface area contributed by atoms with Crippen LogP contribution in [-0.4, -0.2) is 48.4 Å². The summed E-state index contributed by atoms with van der Waals surface area (Å²) in [6.07, 6.45) is 2.69. The molecule has 0 bridgehead atoms. The minimum atomic E-state index is 0.0414. The summed E-state index contributed by atoms with van der Waals surface area (Å²) in [4.78, 5) is 16.7. The van der Waals surface area contributed by atoms with Gasteiger partial charge >= 0.3 is 0 Å². The fraction of sp³-hybridized carbons (Fsp3) is 0.588. The van der Waals surface area contributed by atoms with Gasteiger partial charge in [-0.25, -0.2) is 0 Å². The van der Waals surface area contributed by atoms with Crippen LogP contribution in [0.15, 0.2) is 30.3 Å². The van der Waals surface area contributed by atoms with E-state index in [1.54, 1.807) is 0 Å². The molecule has 2 aliphatic rings. The van der Waals surface area contributed by atoms with Gasteiger partial charge in [0.1, 0.15) is 6.17 Å². The normalized spacial score (nSPS) is 24.7. The molecule has 4 heteroatoms. The number of nitrogens with one attached hydrogen (secondary N) is 1. The van der Waals surface area contributed by atoms with Gasteiger partial charge in [0.05, 0.1) is 6.54 Å². The van der Waals surface area contributed by atoms with Crippen molar-refractivity contribution in [3.05, 3.63) is 35.9 Å². The fourth-order valence-corrected chi connectivity index (χ4v) is 3.48. The molecule has 2 heterocycles. The van der Waals surface area contributed by atoms with Crippen molar-refractivity contribution in [3.63, 3.8) is 0 Å². The second kappa shape index (κ2) is 6.58. The van der Waals surface area contributed by atoms with Gasteiger partial charge in [-0.1, -0.05) is 37.3 Å². The predicted octanol–water partition coefficient (Wildman–Crippen LogP) is 1.85. The summed E-state index contributed by atoms with van der Waals surface area (Å²) in [7, 11) is 0. The zero-order valence-corrected chi connectivity index (χ0v) is 12.8. The lowest BCUT2D eigenvalue weighted by molar-refractivity contribution is -0.128. The number of likely N-dealkylation sites (tertiary alicyclic amines) is 1. The maximum Gasteiger partial charge on any atom is 0.238 e. The van der Waals surface area contributed by atoms with Gasteiger partial charge in [0.2, 0.25) is 5.91 Å². The third-order valence-corrected chi connectivity index (χ3v) is 4.47. The average molecular weight is 287 g/mol. The Bertz CT molecular complexity index is 470. The number of hydrogen-bond acceptors (Lipinski definition) is 3. The summed E-state index contributed by atoms with van der Waals surface area (Å²) in [5, 5.41) is 3.33. The van der Waals surface area contributed by atoms with Gasteiger partial charge in [-0.2, -0.15) is 0 Å². The van der Waals surface area contributed by atoms with E-state index >= 15 is 0 Å². The molecule has 1 aromatic rings. The summed E-state index contributed by atoms with van der Waals surface area (Å²) in [6, 6.07) is 10.3. The first-order valence-corrected chi connectivity index (χ1v) is 8.04. The van der Waals surface area contributed by atoms with Gasteiger partial charge in [0.15, 0.2) is 0 Å². The monoisotopic (exact) mass is 287 g/mol. The van der Waals surface area contributed by atoms with Gasteiger partial charge in [0, 0.05) is 13.1 Å². The molecule has 2 fully saturated rings. The van der Waals surface area contributed by atoms with Crippen molar-refractivity contribution in [2.45, 2.75) is 25.9 Å². The molecule has 4 nitrogen and oxygen atoms in total. The third-order valence-electron chi connectivity index (χ3n) is 4.47. The first-order chi connectivity index (χ1) is 10.2. The predicted molar refractivity (Wildman–Crippen MR) is 83.7 cm³/mol. The van der Waals surface area contributed by atoms with Crippen LogP contribution >= 0.6 is 0 Å². The van der Waals surface area contributed by atoms with Crippen molar-refractivity contribution in [1.82, 2.24) is 15.1 Å². The van der Waals surface area contributed by atoms with Crippen LogP contribution in [0.1, 0.15) is 31.5 Å². The Kier molecular flexibility index (Phi) is 4.56. The maximum absolute atomic E-state index is 12.2. The number of rotatable bonds is 5. The highest BCUT2D eigenvalue weighted by Gasteiger charge is 2.32. The largest absolute Gasteiger partial charge is 0.321 e. The number of nitrogens with zero attached hydrogens (tertiary/aromatic N) is 2. The lowest BCUT2D eigenvalue weighted by Gasteiger charge is -2.29. The van der Waals surface area contributed by atoms with Crippen LogP contribution in [0.5, 0.6) is 0 Å². The standard InChI is InChI=1S/C17H25N3O/c1-14(12-19-9-5-6-10-19)13-20-16(21)11-18-17(20)15-7-3-2-4-8-15/h2-4,7-8,14,17-18H,5-6,9-13H2,1H3. The van der Waals surface area contributed by atoms with Gasteiger partial charge in [-0.15, -0.1) is 0 Å². The highest BCUT2D eigenvalue weighted by atomic mass is 16.2. The molecule has 2 unspecified atom stereocenters. The van der Waals surface area contributed by atoms with Crippen molar-refractivity contribution in [2.75, 3.05) is 32.7 Å². The Morgan fingerprint density at radius 3 is 2.62 bits per heavy atom. The molecule has 1 aromatic carbocycles. The molecule has 2 atom stereocenters.